The van der Waals surface area contributed by atoms with Crippen LogP contribution in [0.4, 0.5) is 0 Å². The van der Waals surface area contributed by atoms with E-state index in [1.165, 1.54) is 6.92 Å². The zero-order valence-corrected chi connectivity index (χ0v) is 12.9. The van der Waals surface area contributed by atoms with Crippen LogP contribution >= 0.6 is 0 Å². The first kappa shape index (κ1) is 19.2. The molecule has 0 saturated heterocycles. The third-order valence-electron chi connectivity index (χ3n) is 3.25. The maximum absolute atomic E-state index is 11.8. The number of rotatable bonds is 11. The summed E-state index contributed by atoms with van der Waals surface area (Å²) in [5.41, 5.74) is 5.05. The lowest BCUT2D eigenvalue weighted by Crippen LogP contribution is -2.42. The number of primary amides is 1. The van der Waals surface area contributed by atoms with Gasteiger partial charge in [-0.25, -0.2) is 0 Å². The topological polar surface area (TPSA) is 118 Å². The second-order valence-electron chi connectivity index (χ2n) is 4.94. The van der Waals surface area contributed by atoms with E-state index >= 15 is 0 Å². The number of nitrogens with two attached hydrogens (primary N) is 1. The minimum absolute atomic E-state index is 0.0415. The third-order valence-corrected chi connectivity index (χ3v) is 3.25. The molecule has 0 aromatic heterocycles. The highest BCUT2D eigenvalue weighted by Gasteiger charge is 2.21. The molecule has 0 rings (SSSR count). The molecule has 120 valence electrons. The van der Waals surface area contributed by atoms with Crippen LogP contribution in [0.2, 0.25) is 0 Å². The summed E-state index contributed by atoms with van der Waals surface area (Å²) >= 11 is 0. The molecule has 0 heterocycles. The Morgan fingerprint density at radius 1 is 1.05 bits per heavy atom. The average Bonchev–Trinajstić information content (AvgIpc) is 2.42. The van der Waals surface area contributed by atoms with Gasteiger partial charge in [-0.1, -0.05) is 6.92 Å². The van der Waals surface area contributed by atoms with E-state index < -0.39 is 11.9 Å². The summed E-state index contributed by atoms with van der Waals surface area (Å²) < 4.78 is 0. The highest BCUT2D eigenvalue weighted by atomic mass is 16.2. The number of carbonyl (C=O) groups is 4. The molecule has 0 aromatic rings. The number of Topliss-reactive ketones (excluding diaryl/α,β-unsaturated/α-hetero) is 2. The maximum atomic E-state index is 11.8. The number of ketones is 2. The molecule has 2 atom stereocenters. The van der Waals surface area contributed by atoms with Gasteiger partial charge in [0.1, 0.15) is 5.78 Å². The van der Waals surface area contributed by atoms with Crippen molar-refractivity contribution in [3.05, 3.63) is 0 Å². The molecule has 0 aliphatic heterocycles. The van der Waals surface area contributed by atoms with Crippen LogP contribution in [0.15, 0.2) is 0 Å². The summed E-state index contributed by atoms with van der Waals surface area (Å²) in [6.45, 7) is 3.15. The van der Waals surface area contributed by atoms with Gasteiger partial charge in [0, 0.05) is 19.3 Å². The van der Waals surface area contributed by atoms with Gasteiger partial charge in [-0.2, -0.15) is 0 Å². The third kappa shape index (κ3) is 8.19. The van der Waals surface area contributed by atoms with Gasteiger partial charge in [0.25, 0.3) is 0 Å². The minimum atomic E-state index is -0.694. The van der Waals surface area contributed by atoms with Crippen molar-refractivity contribution < 1.29 is 19.2 Å². The van der Waals surface area contributed by atoms with Crippen molar-refractivity contribution in [2.75, 3.05) is 7.05 Å². The summed E-state index contributed by atoms with van der Waals surface area (Å²) in [7, 11) is 1.65. The minimum Gasteiger partial charge on any atom is -0.370 e. The van der Waals surface area contributed by atoms with Gasteiger partial charge in [0.15, 0.2) is 5.78 Å². The molecule has 7 heteroatoms. The first-order valence-corrected chi connectivity index (χ1v) is 7.09. The van der Waals surface area contributed by atoms with Crippen molar-refractivity contribution in [3.63, 3.8) is 0 Å². The van der Waals surface area contributed by atoms with Gasteiger partial charge in [0.2, 0.25) is 11.8 Å². The monoisotopic (exact) mass is 299 g/mol. The van der Waals surface area contributed by atoms with E-state index in [9.17, 15) is 19.2 Å². The Labute approximate surface area is 125 Å². The second-order valence-corrected chi connectivity index (χ2v) is 4.94. The first-order chi connectivity index (χ1) is 9.81. The van der Waals surface area contributed by atoms with Crippen LogP contribution in [0, 0.1) is 0 Å². The van der Waals surface area contributed by atoms with Gasteiger partial charge in [0.05, 0.1) is 12.1 Å². The number of likely N-dealkylation sites (N-methyl/N-ethyl adjacent to an activating group) is 1. The van der Waals surface area contributed by atoms with Crippen molar-refractivity contribution in [3.8, 4) is 0 Å². The molecular weight excluding hydrogens is 274 g/mol. The summed E-state index contributed by atoms with van der Waals surface area (Å²) in [5.74, 6) is -1.00. The molecule has 7 nitrogen and oxygen atoms in total. The molecule has 0 saturated carbocycles. The zero-order valence-electron chi connectivity index (χ0n) is 12.9. The number of hydrogen-bond donors (Lipinski definition) is 3. The van der Waals surface area contributed by atoms with Crippen LogP contribution in [0.1, 0.15) is 46.0 Å². The van der Waals surface area contributed by atoms with Crippen LogP contribution in [0.3, 0.4) is 0 Å². The van der Waals surface area contributed by atoms with E-state index in [2.05, 4.69) is 10.6 Å². The zero-order chi connectivity index (χ0) is 16.4. The maximum Gasteiger partial charge on any atom is 0.220 e. The highest BCUT2D eigenvalue weighted by Crippen LogP contribution is 2.04. The molecular formula is C14H25N3O4. The Balaban J connectivity index is 4.42. The predicted octanol–water partition coefficient (Wildman–Crippen LogP) is -0.327. The Morgan fingerprint density at radius 3 is 2.05 bits per heavy atom. The molecule has 21 heavy (non-hydrogen) atoms. The molecule has 0 bridgehead atoms. The predicted molar refractivity (Wildman–Crippen MR) is 78.4 cm³/mol. The molecule has 0 spiro atoms. The lowest BCUT2D eigenvalue weighted by Gasteiger charge is -2.17. The Hall–Kier alpha value is -1.76. The summed E-state index contributed by atoms with van der Waals surface area (Å²) in [6.07, 6.45) is 1.02. The second kappa shape index (κ2) is 10.0. The fourth-order valence-electron chi connectivity index (χ4n) is 1.94. The van der Waals surface area contributed by atoms with E-state index in [1.807, 2.05) is 0 Å². The number of nitrogens with one attached hydrogen (secondary N) is 2. The van der Waals surface area contributed by atoms with Crippen molar-refractivity contribution in [2.24, 2.45) is 5.73 Å². The van der Waals surface area contributed by atoms with E-state index in [0.29, 0.717) is 6.42 Å². The summed E-state index contributed by atoms with van der Waals surface area (Å²) in [6, 6.07) is -1.07. The lowest BCUT2D eigenvalue weighted by atomic mass is 10.0. The van der Waals surface area contributed by atoms with Crippen LogP contribution < -0.4 is 16.4 Å². The van der Waals surface area contributed by atoms with Crippen LogP contribution in [-0.2, 0) is 19.2 Å². The van der Waals surface area contributed by atoms with Gasteiger partial charge < -0.3 is 16.4 Å². The number of amides is 2. The standard InChI is InChI=1S/C14H25N3O4/c1-4-12(19)11(5-7-13(15)20)17-14(21)8-6-10(16-3)9(2)18/h10-11,16H,4-8H2,1-3H3,(H2,15,20)(H,17,21). The van der Waals surface area contributed by atoms with Crippen molar-refractivity contribution >= 4 is 23.4 Å². The van der Waals surface area contributed by atoms with E-state index in [0.717, 1.165) is 0 Å². The molecule has 4 N–H and O–H groups in total. The van der Waals surface area contributed by atoms with Gasteiger partial charge in [-0.3, -0.25) is 19.2 Å². The highest BCUT2D eigenvalue weighted by molar-refractivity contribution is 5.89. The van der Waals surface area contributed by atoms with E-state index in [1.54, 1.807) is 14.0 Å². The number of hydrogen-bond acceptors (Lipinski definition) is 5. The van der Waals surface area contributed by atoms with Crippen molar-refractivity contribution in [1.82, 2.24) is 10.6 Å². The van der Waals surface area contributed by atoms with Crippen molar-refractivity contribution in [1.29, 1.82) is 0 Å². The van der Waals surface area contributed by atoms with Crippen molar-refractivity contribution in [2.45, 2.75) is 58.0 Å². The molecule has 0 aliphatic carbocycles. The van der Waals surface area contributed by atoms with Gasteiger partial charge >= 0.3 is 0 Å². The van der Waals surface area contributed by atoms with Gasteiger partial charge in [-0.15, -0.1) is 0 Å². The van der Waals surface area contributed by atoms with Gasteiger partial charge in [-0.05, 0) is 26.8 Å². The summed E-state index contributed by atoms with van der Waals surface area (Å²) in [4.78, 5) is 45.6. The lowest BCUT2D eigenvalue weighted by molar-refractivity contribution is -0.128. The largest absolute Gasteiger partial charge is 0.370 e. The average molecular weight is 299 g/mol. The Bertz CT molecular complexity index is 396. The Morgan fingerprint density at radius 2 is 1.62 bits per heavy atom. The van der Waals surface area contributed by atoms with E-state index in [4.69, 9.17) is 5.73 Å². The fourth-order valence-corrected chi connectivity index (χ4v) is 1.94. The molecule has 0 fully saturated rings. The fraction of sp³-hybridized carbons (Fsp3) is 0.714. The smallest absolute Gasteiger partial charge is 0.220 e. The Kier molecular flexibility index (Phi) is 9.20. The summed E-state index contributed by atoms with van der Waals surface area (Å²) in [5, 5.41) is 5.43. The molecule has 0 radical (unpaired) electrons. The molecule has 0 aromatic carbocycles. The molecule has 2 unspecified atom stereocenters. The quantitative estimate of drug-likeness (QED) is 0.483. The van der Waals surface area contributed by atoms with E-state index in [-0.39, 0.29) is 49.2 Å². The first-order valence-electron chi connectivity index (χ1n) is 7.09. The van der Waals surface area contributed by atoms with Crippen LogP contribution in [0.5, 0.6) is 0 Å². The number of carbonyl (C=O) groups excluding carboxylic acids is 4. The molecule has 0 aliphatic rings. The molecule has 2 amide bonds. The van der Waals surface area contributed by atoms with Crippen LogP contribution in [0.25, 0.3) is 0 Å². The SMILES string of the molecule is CCC(=O)C(CCC(N)=O)NC(=O)CCC(NC)C(C)=O. The van der Waals surface area contributed by atoms with Crippen LogP contribution in [-0.4, -0.2) is 42.5 Å². The normalized spacial score (nSPS) is 13.3.